The Morgan fingerprint density at radius 2 is 1.70 bits per heavy atom. The van der Waals surface area contributed by atoms with Crippen LogP contribution < -0.4 is 0 Å². The summed E-state index contributed by atoms with van der Waals surface area (Å²) in [5, 5.41) is 10.3. The molecule has 13 heteroatoms. The van der Waals surface area contributed by atoms with Crippen LogP contribution >= 0.6 is 36.6 Å². The van der Waals surface area contributed by atoms with Crippen molar-refractivity contribution in [3.8, 4) is 0 Å². The van der Waals surface area contributed by atoms with Gasteiger partial charge in [-0.3, -0.25) is 29.6 Å². The minimum atomic E-state index is -1.60. The largest absolute Gasteiger partial charge is 0.461 e. The smallest absolute Gasteiger partial charge is 0.356 e. The molecule has 5 rings (SSSR count). The summed E-state index contributed by atoms with van der Waals surface area (Å²) >= 11 is 11.1. The van der Waals surface area contributed by atoms with Gasteiger partial charge in [0.2, 0.25) is 5.54 Å². The van der Waals surface area contributed by atoms with Gasteiger partial charge in [-0.2, -0.15) is 0 Å². The van der Waals surface area contributed by atoms with Crippen molar-refractivity contribution in [2.75, 3.05) is 12.4 Å². The van der Waals surface area contributed by atoms with E-state index in [0.29, 0.717) is 11.1 Å². The monoisotopic (exact) mass is 647 g/mol. The Morgan fingerprint density at radius 1 is 1.11 bits per heavy atom. The molecule has 2 aliphatic rings. The fourth-order valence-corrected chi connectivity index (χ4v) is 7.01. The summed E-state index contributed by atoms with van der Waals surface area (Å²) in [7, 11) is 0. The fraction of sp³-hybridized carbons (Fsp3) is 0.194. The topological polar surface area (TPSA) is 128 Å². The third-order valence-electron chi connectivity index (χ3n) is 7.05. The number of thioether (sulfide) groups is 1. The first-order chi connectivity index (χ1) is 21.1. The molecule has 1 unspecified atom stereocenters. The molecule has 2 heterocycles. The molecule has 3 aromatic rings. The van der Waals surface area contributed by atoms with Gasteiger partial charge >= 0.3 is 11.9 Å². The fourth-order valence-electron chi connectivity index (χ4n) is 4.87. The molecule has 1 amide bonds. The number of amides is 1. The normalized spacial score (nSPS) is 19.4. The minimum absolute atomic E-state index is 0.00277. The molecule has 3 aromatic carbocycles. The van der Waals surface area contributed by atoms with Gasteiger partial charge in [-0.15, -0.1) is 24.4 Å². The molecular formula is C31H25N3O7S3. The predicted octanol–water partition coefficient (Wildman–Crippen LogP) is 5.07. The van der Waals surface area contributed by atoms with Gasteiger partial charge < -0.3 is 9.47 Å². The number of hydrogen-bond donors (Lipinski definition) is 1. The molecule has 0 saturated carbocycles. The van der Waals surface area contributed by atoms with E-state index in [1.807, 2.05) is 60.7 Å². The predicted molar refractivity (Wildman–Crippen MR) is 173 cm³/mol. The molecule has 224 valence electrons. The zero-order valence-electron chi connectivity index (χ0n) is 23.2. The Labute approximate surface area is 267 Å². The maximum absolute atomic E-state index is 14.0. The molecule has 2 atom stereocenters. The van der Waals surface area contributed by atoms with Crippen molar-refractivity contribution in [2.24, 2.45) is 4.99 Å². The maximum atomic E-state index is 14.0. The second-order valence-electron chi connectivity index (χ2n) is 9.86. The van der Waals surface area contributed by atoms with Crippen molar-refractivity contribution >= 4 is 70.6 Å². The number of ether oxygens (including phenoxy) is 2. The summed E-state index contributed by atoms with van der Waals surface area (Å²) in [6.07, 6.45) is 0.617. The van der Waals surface area contributed by atoms with E-state index in [2.05, 4.69) is 17.6 Å². The van der Waals surface area contributed by atoms with E-state index >= 15 is 0 Å². The van der Waals surface area contributed by atoms with Crippen LogP contribution in [0.4, 0.5) is 5.69 Å². The van der Waals surface area contributed by atoms with Crippen LogP contribution in [0.2, 0.25) is 0 Å². The first-order valence-electron chi connectivity index (χ1n) is 13.3. The molecule has 1 saturated heterocycles. The lowest BCUT2D eigenvalue weighted by atomic mass is 9.88. The van der Waals surface area contributed by atoms with E-state index in [4.69, 9.17) is 21.7 Å². The third kappa shape index (κ3) is 6.03. The van der Waals surface area contributed by atoms with Crippen molar-refractivity contribution in [1.82, 2.24) is 4.90 Å². The first-order valence-corrected chi connectivity index (χ1v) is 15.2. The molecule has 0 aromatic heterocycles. The van der Waals surface area contributed by atoms with Crippen LogP contribution in [0.15, 0.2) is 101 Å². The number of esters is 2. The Bertz CT molecular complexity index is 1640. The van der Waals surface area contributed by atoms with Crippen LogP contribution in [0.1, 0.15) is 29.7 Å². The van der Waals surface area contributed by atoms with Gasteiger partial charge in [-0.05, 0) is 28.8 Å². The Balaban J connectivity index is 1.50. The standard InChI is InChI=1S/C31H25N3O7S3/c1-19(35)40-17-23-18-44-29-31(30(42)43,32-16-20-12-14-24(15-13-20)34(38)39)28(37)33(29)25(23)27(36)41-26(21-8-4-2-5-9-21)22-10-6-3-7-11-22/h2-16,26,29H,17-18H2,1H3,(H,42,43)/t29-,31?/m1/s1. The van der Waals surface area contributed by atoms with Crippen molar-refractivity contribution in [3.05, 3.63) is 123 Å². The van der Waals surface area contributed by atoms with E-state index in [-0.39, 0.29) is 27.9 Å². The number of nitrogens with zero attached hydrogens (tertiary/aromatic N) is 3. The van der Waals surface area contributed by atoms with E-state index in [1.54, 1.807) is 0 Å². The number of carbonyl (C=O) groups is 3. The van der Waals surface area contributed by atoms with Gasteiger partial charge in [0.1, 0.15) is 17.7 Å². The third-order valence-corrected chi connectivity index (χ3v) is 9.08. The average molecular weight is 648 g/mol. The highest BCUT2D eigenvalue weighted by molar-refractivity contribution is 8.11. The van der Waals surface area contributed by atoms with Crippen molar-refractivity contribution < 1.29 is 28.8 Å². The van der Waals surface area contributed by atoms with E-state index < -0.39 is 39.8 Å². The van der Waals surface area contributed by atoms with Crippen LogP contribution in [-0.2, 0) is 23.9 Å². The van der Waals surface area contributed by atoms with E-state index in [1.165, 1.54) is 54.1 Å². The van der Waals surface area contributed by atoms with Gasteiger partial charge in [0.15, 0.2) is 6.10 Å². The lowest BCUT2D eigenvalue weighted by Crippen LogP contribution is -2.75. The number of hydrogen-bond acceptors (Lipinski definition) is 10. The molecule has 0 radical (unpaired) electrons. The minimum Gasteiger partial charge on any atom is -0.461 e. The highest BCUT2D eigenvalue weighted by Gasteiger charge is 2.66. The summed E-state index contributed by atoms with van der Waals surface area (Å²) in [5.41, 5.74) is 0.634. The number of non-ortho nitro benzene ring substituents is 1. The number of fused-ring (bicyclic) bond motifs is 1. The first kappa shape index (κ1) is 31.1. The summed E-state index contributed by atoms with van der Waals surface area (Å²) < 4.78 is 11.3. The molecule has 0 bridgehead atoms. The number of nitro benzene ring substituents is 1. The van der Waals surface area contributed by atoms with Crippen LogP contribution in [0.25, 0.3) is 0 Å². The number of carbonyl (C=O) groups excluding carboxylic acids is 3. The molecule has 1 fully saturated rings. The second kappa shape index (κ2) is 13.1. The van der Waals surface area contributed by atoms with Crippen LogP contribution in [0.5, 0.6) is 0 Å². The number of thiol groups is 1. The summed E-state index contributed by atoms with van der Waals surface area (Å²) in [4.78, 5) is 56.0. The van der Waals surface area contributed by atoms with Crippen LogP contribution in [-0.4, -0.2) is 61.4 Å². The van der Waals surface area contributed by atoms with Gasteiger partial charge in [0.25, 0.3) is 11.6 Å². The zero-order valence-corrected chi connectivity index (χ0v) is 25.7. The number of aliphatic imine (C=N–C) groups is 1. The van der Waals surface area contributed by atoms with Gasteiger partial charge in [0.05, 0.1) is 9.12 Å². The lowest BCUT2D eigenvalue weighted by Gasteiger charge is -2.54. The average Bonchev–Trinajstić information content (AvgIpc) is 3.03. The number of benzene rings is 3. The SMILES string of the molecule is CC(=O)OCC1=C(C(=O)OC(c2ccccc2)c2ccccc2)N2C(=O)C(N=Cc3ccc([N+](=O)[O-])cc3)(C(=S)S)[C@H]2SC1. The molecule has 44 heavy (non-hydrogen) atoms. The molecule has 10 nitrogen and oxygen atoms in total. The number of thiocarbonyl (C=S) groups is 1. The number of β-lactam (4-membered cyclic amide) rings is 1. The summed E-state index contributed by atoms with van der Waals surface area (Å²) in [5.74, 6) is -1.70. The van der Waals surface area contributed by atoms with Gasteiger partial charge in [0, 0.05) is 36.6 Å². The number of nitro groups is 1. The lowest BCUT2D eigenvalue weighted by molar-refractivity contribution is -0.384. The summed E-state index contributed by atoms with van der Waals surface area (Å²) in [6.45, 7) is 1.04. The van der Waals surface area contributed by atoms with E-state index in [0.717, 1.165) is 11.1 Å². The quantitative estimate of drug-likeness (QED) is 0.0610. The van der Waals surface area contributed by atoms with Crippen LogP contribution in [0, 0.1) is 10.1 Å². The maximum Gasteiger partial charge on any atom is 0.356 e. The highest BCUT2D eigenvalue weighted by Crippen LogP contribution is 2.50. The van der Waals surface area contributed by atoms with Crippen molar-refractivity contribution in [3.63, 3.8) is 0 Å². The van der Waals surface area contributed by atoms with Crippen LogP contribution in [0.3, 0.4) is 0 Å². The molecule has 0 aliphatic carbocycles. The second-order valence-corrected chi connectivity index (χ2v) is 12.1. The zero-order chi connectivity index (χ0) is 31.4. The Morgan fingerprint density at radius 3 is 2.23 bits per heavy atom. The number of rotatable bonds is 10. The van der Waals surface area contributed by atoms with Gasteiger partial charge in [-0.25, -0.2) is 4.79 Å². The highest BCUT2D eigenvalue weighted by atomic mass is 32.2. The molecule has 0 spiro atoms. The molecule has 0 N–H and O–H groups in total. The van der Waals surface area contributed by atoms with E-state index in [9.17, 15) is 24.5 Å². The Kier molecular flexibility index (Phi) is 9.28. The summed E-state index contributed by atoms with van der Waals surface area (Å²) in [6, 6.07) is 24.0. The molecular weight excluding hydrogens is 623 g/mol. The Hall–Kier alpha value is -4.33. The molecule has 2 aliphatic heterocycles. The van der Waals surface area contributed by atoms with Crippen molar-refractivity contribution in [2.45, 2.75) is 23.9 Å². The van der Waals surface area contributed by atoms with Crippen molar-refractivity contribution in [1.29, 1.82) is 0 Å². The van der Waals surface area contributed by atoms with Gasteiger partial charge in [-0.1, -0.05) is 72.9 Å².